The van der Waals surface area contributed by atoms with Crippen LogP contribution in [0.1, 0.15) is 40.3 Å². The molecule has 124 valence electrons. The van der Waals surface area contributed by atoms with E-state index in [1.54, 1.807) is 16.8 Å². The second-order valence-corrected chi connectivity index (χ2v) is 7.66. The van der Waals surface area contributed by atoms with Gasteiger partial charge < -0.3 is 5.32 Å². The number of benzene rings is 1. The monoisotopic (exact) mass is 335 g/mol. The number of sulfone groups is 1. The summed E-state index contributed by atoms with van der Waals surface area (Å²) in [5, 5.41) is 7.20. The molecular weight excluding hydrogens is 314 g/mol. The van der Waals surface area contributed by atoms with E-state index < -0.39 is 15.7 Å². The number of aromatic nitrogens is 2. The van der Waals surface area contributed by atoms with Crippen molar-refractivity contribution in [2.24, 2.45) is 7.05 Å². The van der Waals surface area contributed by atoms with Crippen LogP contribution in [-0.4, -0.2) is 30.4 Å². The average Bonchev–Trinajstić information content (AvgIpc) is 2.71. The van der Waals surface area contributed by atoms with Gasteiger partial charge in [0, 0.05) is 24.6 Å². The van der Waals surface area contributed by atoms with Gasteiger partial charge in [0.15, 0.2) is 9.84 Å². The molecule has 0 radical (unpaired) electrons. The summed E-state index contributed by atoms with van der Waals surface area (Å²) in [6, 6.07) is 5.93. The Morgan fingerprint density at radius 3 is 2.39 bits per heavy atom. The first-order valence-electron chi connectivity index (χ1n) is 7.23. The van der Waals surface area contributed by atoms with Gasteiger partial charge in [0.1, 0.15) is 0 Å². The highest BCUT2D eigenvalue weighted by Gasteiger charge is 2.22. The zero-order valence-electron chi connectivity index (χ0n) is 13.9. The Morgan fingerprint density at radius 2 is 1.87 bits per heavy atom. The molecule has 6 nitrogen and oxygen atoms in total. The Balaban J connectivity index is 2.33. The van der Waals surface area contributed by atoms with Crippen LogP contribution < -0.4 is 5.32 Å². The van der Waals surface area contributed by atoms with Crippen molar-refractivity contribution in [3.63, 3.8) is 0 Å². The number of carbonyl (C=O) groups is 1. The maximum Gasteiger partial charge on any atom is 0.253 e. The van der Waals surface area contributed by atoms with Crippen molar-refractivity contribution in [3.8, 4) is 0 Å². The van der Waals surface area contributed by atoms with E-state index in [9.17, 15) is 13.2 Å². The molecular formula is C16H21N3O3S. The predicted octanol–water partition coefficient (Wildman–Crippen LogP) is 1.93. The number of hydrogen-bond acceptors (Lipinski definition) is 4. The van der Waals surface area contributed by atoms with Gasteiger partial charge in [-0.1, -0.05) is 12.1 Å². The lowest BCUT2D eigenvalue weighted by Gasteiger charge is -2.16. The molecule has 0 bridgehead atoms. The lowest BCUT2D eigenvalue weighted by atomic mass is 10.1. The second-order valence-electron chi connectivity index (χ2n) is 5.67. The highest BCUT2D eigenvalue weighted by Crippen LogP contribution is 2.22. The average molecular weight is 335 g/mol. The van der Waals surface area contributed by atoms with E-state index in [1.807, 2.05) is 27.8 Å². The lowest BCUT2D eigenvalue weighted by Crippen LogP contribution is -2.28. The van der Waals surface area contributed by atoms with Gasteiger partial charge in [-0.15, -0.1) is 0 Å². The molecule has 0 saturated heterocycles. The molecule has 1 N–H and O–H groups in total. The first-order valence-corrected chi connectivity index (χ1v) is 9.12. The summed E-state index contributed by atoms with van der Waals surface area (Å²) in [5.41, 5.74) is 2.90. The minimum absolute atomic E-state index is 0.0318. The van der Waals surface area contributed by atoms with Gasteiger partial charge in [0.25, 0.3) is 5.91 Å². The van der Waals surface area contributed by atoms with Crippen molar-refractivity contribution in [1.82, 2.24) is 15.1 Å². The molecule has 7 heteroatoms. The molecule has 23 heavy (non-hydrogen) atoms. The highest BCUT2D eigenvalue weighted by molar-refractivity contribution is 7.90. The van der Waals surface area contributed by atoms with E-state index in [0.717, 1.165) is 23.2 Å². The zero-order valence-corrected chi connectivity index (χ0v) is 14.7. The van der Waals surface area contributed by atoms with Crippen LogP contribution >= 0.6 is 0 Å². The fraction of sp³-hybridized carbons (Fsp3) is 0.375. The van der Waals surface area contributed by atoms with E-state index in [0.29, 0.717) is 0 Å². The number of rotatable bonds is 4. The third-order valence-electron chi connectivity index (χ3n) is 3.88. The fourth-order valence-electron chi connectivity index (χ4n) is 2.74. The van der Waals surface area contributed by atoms with E-state index in [2.05, 4.69) is 10.4 Å². The smallest absolute Gasteiger partial charge is 0.253 e. The van der Waals surface area contributed by atoms with E-state index in [1.165, 1.54) is 12.1 Å². The van der Waals surface area contributed by atoms with Crippen molar-refractivity contribution in [3.05, 3.63) is 46.8 Å². The van der Waals surface area contributed by atoms with Gasteiger partial charge >= 0.3 is 0 Å². The van der Waals surface area contributed by atoms with Gasteiger partial charge in [0.05, 0.1) is 22.2 Å². The minimum atomic E-state index is -3.47. The van der Waals surface area contributed by atoms with Crippen LogP contribution in [0.4, 0.5) is 0 Å². The number of nitrogens with zero attached hydrogens (tertiary/aromatic N) is 2. The summed E-state index contributed by atoms with van der Waals surface area (Å²) >= 11 is 0. The molecule has 2 rings (SSSR count). The Labute approximate surface area is 136 Å². The van der Waals surface area contributed by atoms with Crippen LogP contribution in [-0.2, 0) is 16.9 Å². The van der Waals surface area contributed by atoms with Crippen molar-refractivity contribution in [2.45, 2.75) is 31.7 Å². The molecule has 0 aliphatic rings. The summed E-state index contributed by atoms with van der Waals surface area (Å²) in [4.78, 5) is 12.6. The Hall–Kier alpha value is -2.15. The van der Waals surface area contributed by atoms with Crippen molar-refractivity contribution >= 4 is 15.7 Å². The first kappa shape index (κ1) is 17.2. The number of nitrogens with one attached hydrogen (secondary N) is 1. The SMILES string of the molecule is Cc1nn(C)c(C)c1C(C)NC(=O)c1ccccc1S(C)(=O)=O. The largest absolute Gasteiger partial charge is 0.345 e. The molecule has 1 unspecified atom stereocenters. The molecule has 1 atom stereocenters. The minimum Gasteiger partial charge on any atom is -0.345 e. The number of carbonyl (C=O) groups excluding carboxylic acids is 1. The van der Waals surface area contributed by atoms with Crippen molar-refractivity contribution in [2.75, 3.05) is 6.26 Å². The van der Waals surface area contributed by atoms with Crippen LogP contribution in [0.15, 0.2) is 29.2 Å². The summed E-state index contributed by atoms with van der Waals surface area (Å²) in [7, 11) is -1.62. The molecule has 1 aromatic heterocycles. The molecule has 0 fully saturated rings. The van der Waals surface area contributed by atoms with Gasteiger partial charge in [-0.2, -0.15) is 5.10 Å². The molecule has 1 amide bonds. The van der Waals surface area contributed by atoms with Crippen LogP contribution in [0, 0.1) is 13.8 Å². The molecule has 0 aliphatic heterocycles. The maximum atomic E-state index is 12.5. The number of amides is 1. The zero-order chi connectivity index (χ0) is 17.4. The third kappa shape index (κ3) is 3.44. The molecule has 0 aliphatic carbocycles. The van der Waals surface area contributed by atoms with Crippen molar-refractivity contribution < 1.29 is 13.2 Å². The fourth-order valence-corrected chi connectivity index (χ4v) is 3.63. The van der Waals surface area contributed by atoms with Gasteiger partial charge in [-0.3, -0.25) is 9.48 Å². The first-order chi connectivity index (χ1) is 10.6. The van der Waals surface area contributed by atoms with Crippen LogP contribution in [0.3, 0.4) is 0 Å². The quantitative estimate of drug-likeness (QED) is 0.926. The third-order valence-corrected chi connectivity index (χ3v) is 5.03. The predicted molar refractivity (Wildman–Crippen MR) is 88.1 cm³/mol. The van der Waals surface area contributed by atoms with E-state index in [-0.39, 0.29) is 16.5 Å². The van der Waals surface area contributed by atoms with E-state index in [4.69, 9.17) is 0 Å². The van der Waals surface area contributed by atoms with Gasteiger partial charge in [0.2, 0.25) is 0 Å². The standard InChI is InChI=1S/C16H21N3O3S/c1-10(15-11(2)18-19(4)12(15)3)17-16(20)13-8-6-7-9-14(13)23(5,21)22/h6-10H,1-5H3,(H,17,20). The van der Waals surface area contributed by atoms with Crippen LogP contribution in [0.2, 0.25) is 0 Å². The Kier molecular flexibility index (Phi) is 4.61. The van der Waals surface area contributed by atoms with Crippen LogP contribution in [0.5, 0.6) is 0 Å². The summed E-state index contributed by atoms with van der Waals surface area (Å²) in [6.07, 6.45) is 1.10. The molecule has 0 saturated carbocycles. The van der Waals surface area contributed by atoms with Gasteiger partial charge in [-0.25, -0.2) is 8.42 Å². The van der Waals surface area contributed by atoms with Crippen molar-refractivity contribution in [1.29, 1.82) is 0 Å². The summed E-state index contributed by atoms with van der Waals surface area (Å²) in [5.74, 6) is -0.416. The maximum absolute atomic E-state index is 12.5. The molecule has 1 heterocycles. The second kappa shape index (κ2) is 6.16. The lowest BCUT2D eigenvalue weighted by molar-refractivity contribution is 0.0936. The van der Waals surface area contributed by atoms with Crippen LogP contribution in [0.25, 0.3) is 0 Å². The molecule has 0 spiro atoms. The highest BCUT2D eigenvalue weighted by atomic mass is 32.2. The topological polar surface area (TPSA) is 81.1 Å². The normalized spacial score (nSPS) is 12.9. The summed E-state index contributed by atoms with van der Waals surface area (Å²) in [6.45, 7) is 5.68. The van der Waals surface area contributed by atoms with E-state index >= 15 is 0 Å². The molecule has 2 aromatic rings. The Bertz CT molecular complexity index is 853. The number of hydrogen-bond donors (Lipinski definition) is 1. The molecule has 1 aromatic carbocycles. The summed E-state index contributed by atoms with van der Waals surface area (Å²) < 4.78 is 25.4. The Morgan fingerprint density at radius 1 is 1.26 bits per heavy atom. The van der Waals surface area contributed by atoms with Gasteiger partial charge in [-0.05, 0) is 32.9 Å². The number of aryl methyl sites for hydroxylation is 2.